The van der Waals surface area contributed by atoms with Crippen LogP contribution in [0.1, 0.15) is 46.6 Å². The molecule has 0 saturated carbocycles. The van der Waals surface area contributed by atoms with E-state index < -0.39 is 6.04 Å². The Labute approximate surface area is 157 Å². The molecule has 5 nitrogen and oxygen atoms in total. The number of rotatable bonds is 3. The molecule has 1 aromatic heterocycles. The summed E-state index contributed by atoms with van der Waals surface area (Å²) >= 11 is 0. The van der Waals surface area contributed by atoms with Gasteiger partial charge in [-0.3, -0.25) is 9.59 Å². The number of hydrogen-bond acceptors (Lipinski definition) is 2. The minimum Gasteiger partial charge on any atom is -0.356 e. The summed E-state index contributed by atoms with van der Waals surface area (Å²) < 4.78 is 0. The van der Waals surface area contributed by atoms with Crippen LogP contribution in [-0.2, 0) is 11.2 Å². The van der Waals surface area contributed by atoms with Crippen molar-refractivity contribution in [3.63, 3.8) is 0 Å². The third kappa shape index (κ3) is 2.24. The van der Waals surface area contributed by atoms with Crippen LogP contribution in [0.5, 0.6) is 0 Å². The van der Waals surface area contributed by atoms with Crippen LogP contribution in [0.4, 0.5) is 0 Å². The van der Waals surface area contributed by atoms with Crippen molar-refractivity contribution in [3.8, 4) is 0 Å². The highest BCUT2D eigenvalue weighted by Gasteiger charge is 2.48. The molecular weight excluding hydrogens is 338 g/mol. The Hall–Kier alpha value is -3.08. The van der Waals surface area contributed by atoms with Crippen molar-refractivity contribution in [1.29, 1.82) is 0 Å². The summed E-state index contributed by atoms with van der Waals surface area (Å²) in [6, 6.07) is 15.1. The molecule has 5 heteroatoms. The molecule has 0 spiro atoms. The SMILES string of the molecule is CCCNC(=O)C1Cc2c([nH]c3ccccc23)C2c3ccccc3C(=O)N12. The van der Waals surface area contributed by atoms with Crippen LogP contribution in [-0.4, -0.2) is 34.3 Å². The maximum atomic E-state index is 13.2. The summed E-state index contributed by atoms with van der Waals surface area (Å²) in [6.07, 6.45) is 1.40. The molecule has 2 aliphatic heterocycles. The van der Waals surface area contributed by atoms with Gasteiger partial charge in [-0.1, -0.05) is 43.3 Å². The van der Waals surface area contributed by atoms with Crippen molar-refractivity contribution in [1.82, 2.24) is 15.2 Å². The number of fused-ring (bicyclic) bond motifs is 7. The Morgan fingerprint density at radius 2 is 1.96 bits per heavy atom. The highest BCUT2D eigenvalue weighted by Crippen LogP contribution is 2.46. The Bertz CT molecular complexity index is 1070. The third-order valence-corrected chi connectivity index (χ3v) is 5.70. The average Bonchev–Trinajstić information content (AvgIpc) is 3.22. The van der Waals surface area contributed by atoms with Crippen molar-refractivity contribution in [3.05, 3.63) is 70.9 Å². The lowest BCUT2D eigenvalue weighted by Gasteiger charge is -2.37. The van der Waals surface area contributed by atoms with Crippen LogP contribution in [0.3, 0.4) is 0 Å². The molecule has 2 amide bonds. The van der Waals surface area contributed by atoms with Crippen molar-refractivity contribution < 1.29 is 9.59 Å². The third-order valence-electron chi connectivity index (χ3n) is 5.70. The highest BCUT2D eigenvalue weighted by molar-refractivity contribution is 6.03. The zero-order chi connectivity index (χ0) is 18.5. The summed E-state index contributed by atoms with van der Waals surface area (Å²) in [5, 5.41) is 4.13. The Morgan fingerprint density at radius 1 is 1.19 bits per heavy atom. The summed E-state index contributed by atoms with van der Waals surface area (Å²) in [5.41, 5.74) is 4.90. The maximum Gasteiger partial charge on any atom is 0.255 e. The minimum absolute atomic E-state index is 0.0587. The molecule has 2 unspecified atom stereocenters. The molecule has 0 bridgehead atoms. The zero-order valence-electron chi connectivity index (χ0n) is 15.2. The quantitative estimate of drug-likeness (QED) is 0.754. The lowest BCUT2D eigenvalue weighted by molar-refractivity contribution is -0.126. The maximum absolute atomic E-state index is 13.2. The normalized spacial score (nSPS) is 20.3. The molecule has 3 aromatic rings. The average molecular weight is 359 g/mol. The molecule has 136 valence electrons. The fourth-order valence-corrected chi connectivity index (χ4v) is 4.50. The lowest BCUT2D eigenvalue weighted by atomic mass is 9.90. The lowest BCUT2D eigenvalue weighted by Crippen LogP contribution is -2.52. The molecule has 27 heavy (non-hydrogen) atoms. The molecule has 2 atom stereocenters. The van der Waals surface area contributed by atoms with E-state index in [1.54, 1.807) is 4.90 Å². The summed E-state index contributed by atoms with van der Waals surface area (Å²) in [7, 11) is 0. The van der Waals surface area contributed by atoms with Crippen molar-refractivity contribution >= 4 is 22.7 Å². The van der Waals surface area contributed by atoms with Gasteiger partial charge in [-0.15, -0.1) is 0 Å². The molecule has 2 aliphatic rings. The first-order chi connectivity index (χ1) is 13.2. The van der Waals surface area contributed by atoms with Gasteiger partial charge in [0, 0.05) is 35.1 Å². The monoisotopic (exact) mass is 359 g/mol. The Morgan fingerprint density at radius 3 is 2.81 bits per heavy atom. The first-order valence-electron chi connectivity index (χ1n) is 9.49. The van der Waals surface area contributed by atoms with Gasteiger partial charge >= 0.3 is 0 Å². The second-order valence-electron chi connectivity index (χ2n) is 7.28. The number of nitrogens with one attached hydrogen (secondary N) is 2. The predicted octanol–water partition coefficient (Wildman–Crippen LogP) is 3.16. The van der Waals surface area contributed by atoms with Gasteiger partial charge in [-0.05, 0) is 29.7 Å². The van der Waals surface area contributed by atoms with Gasteiger partial charge in [0.25, 0.3) is 5.91 Å². The highest BCUT2D eigenvalue weighted by atomic mass is 16.2. The number of nitrogens with zero attached hydrogens (tertiary/aromatic N) is 1. The number of amides is 2. The molecule has 2 N–H and O–H groups in total. The molecule has 3 heterocycles. The smallest absolute Gasteiger partial charge is 0.255 e. The summed E-state index contributed by atoms with van der Waals surface area (Å²) in [4.78, 5) is 31.4. The standard InChI is InChI=1S/C22H21N3O2/c1-2-11-23-21(26)18-12-16-13-7-5-6-10-17(13)24-19(16)20-14-8-3-4-9-15(14)22(27)25(18)20/h3-10,18,20,24H,2,11-12H2,1H3,(H,23,26). The van der Waals surface area contributed by atoms with E-state index in [1.807, 2.05) is 49.4 Å². The van der Waals surface area contributed by atoms with Crippen molar-refractivity contribution in [2.75, 3.05) is 6.54 Å². The zero-order valence-corrected chi connectivity index (χ0v) is 15.2. The first-order valence-corrected chi connectivity index (χ1v) is 9.49. The number of carbonyl (C=O) groups excluding carboxylic acids is 2. The van der Waals surface area contributed by atoms with Gasteiger partial charge in [0.15, 0.2) is 0 Å². The van der Waals surface area contributed by atoms with Gasteiger partial charge in [0.05, 0.1) is 6.04 Å². The van der Waals surface area contributed by atoms with E-state index >= 15 is 0 Å². The number of carbonyl (C=O) groups is 2. The van der Waals surface area contributed by atoms with Crippen molar-refractivity contribution in [2.45, 2.75) is 31.8 Å². The number of benzene rings is 2. The molecule has 5 rings (SSSR count). The van der Waals surface area contributed by atoms with Crippen LogP contribution in [0.25, 0.3) is 10.9 Å². The van der Waals surface area contributed by atoms with Crippen LogP contribution >= 0.6 is 0 Å². The molecule has 0 saturated heterocycles. The summed E-state index contributed by atoms with van der Waals surface area (Å²) in [5.74, 6) is -0.129. The van der Waals surface area contributed by atoms with Gasteiger partial charge in [0.2, 0.25) is 5.91 Å². The predicted molar refractivity (Wildman–Crippen MR) is 104 cm³/mol. The largest absolute Gasteiger partial charge is 0.356 e. The van der Waals surface area contributed by atoms with E-state index in [4.69, 9.17) is 0 Å². The number of H-pyrrole nitrogens is 1. The number of hydrogen-bond donors (Lipinski definition) is 2. The fraction of sp³-hybridized carbons (Fsp3) is 0.273. The number of para-hydroxylation sites is 1. The van der Waals surface area contributed by atoms with Gasteiger partial charge in [-0.25, -0.2) is 0 Å². The van der Waals surface area contributed by atoms with Gasteiger partial charge in [0.1, 0.15) is 6.04 Å². The summed E-state index contributed by atoms with van der Waals surface area (Å²) in [6.45, 7) is 2.65. The fourth-order valence-electron chi connectivity index (χ4n) is 4.50. The van der Waals surface area contributed by atoms with Gasteiger partial charge in [-0.2, -0.15) is 0 Å². The topological polar surface area (TPSA) is 65.2 Å². The van der Waals surface area contributed by atoms with E-state index in [9.17, 15) is 9.59 Å². The number of aromatic nitrogens is 1. The van der Waals surface area contributed by atoms with Crippen LogP contribution in [0.15, 0.2) is 48.5 Å². The van der Waals surface area contributed by atoms with Crippen LogP contribution in [0, 0.1) is 0 Å². The van der Waals surface area contributed by atoms with Gasteiger partial charge < -0.3 is 15.2 Å². The van der Waals surface area contributed by atoms with Crippen LogP contribution < -0.4 is 5.32 Å². The molecule has 0 fully saturated rings. The van der Waals surface area contributed by atoms with Crippen LogP contribution in [0.2, 0.25) is 0 Å². The second kappa shape index (κ2) is 5.98. The van der Waals surface area contributed by atoms with E-state index in [0.717, 1.165) is 34.1 Å². The van der Waals surface area contributed by atoms with E-state index in [-0.39, 0.29) is 17.9 Å². The molecular formula is C22H21N3O2. The first kappa shape index (κ1) is 16.1. The minimum atomic E-state index is -0.492. The van der Waals surface area contributed by atoms with Crippen molar-refractivity contribution in [2.24, 2.45) is 0 Å². The number of aromatic amines is 1. The van der Waals surface area contributed by atoms with E-state index in [1.165, 1.54) is 0 Å². The molecule has 0 radical (unpaired) electrons. The second-order valence-corrected chi connectivity index (χ2v) is 7.28. The molecule has 0 aliphatic carbocycles. The van der Waals surface area contributed by atoms with E-state index in [2.05, 4.69) is 16.4 Å². The Balaban J connectivity index is 1.71. The molecule has 2 aromatic carbocycles. The Kier molecular flexibility index (Phi) is 3.57. The van der Waals surface area contributed by atoms with E-state index in [0.29, 0.717) is 18.5 Å².